The lowest BCUT2D eigenvalue weighted by molar-refractivity contribution is -0.147. The number of hydrogen-bond donors (Lipinski definition) is 3. The Morgan fingerprint density at radius 2 is 1.00 bits per heavy atom. The fourth-order valence-electron chi connectivity index (χ4n) is 5.58. The molecular formula is C45H80NO8P. The first kappa shape index (κ1) is 52.7. The molecule has 318 valence electrons. The van der Waals surface area contributed by atoms with E-state index < -0.39 is 26.5 Å². The number of aliphatic hydroxyl groups is 1. The summed E-state index contributed by atoms with van der Waals surface area (Å²) in [5, 5.41) is 12.7. The predicted molar refractivity (Wildman–Crippen MR) is 229 cm³/mol. The van der Waals surface area contributed by atoms with Gasteiger partial charge < -0.3 is 20.1 Å². The molecule has 0 radical (unpaired) electrons. The van der Waals surface area contributed by atoms with Crippen LogP contribution in [0.2, 0.25) is 0 Å². The molecule has 0 fully saturated rings. The van der Waals surface area contributed by atoms with Crippen LogP contribution < -0.4 is 5.32 Å². The Morgan fingerprint density at radius 1 is 0.564 bits per heavy atom. The number of amides is 1. The lowest BCUT2D eigenvalue weighted by atomic mass is 10.1. The molecule has 0 aromatic carbocycles. The molecule has 3 N–H and O–H groups in total. The van der Waals surface area contributed by atoms with Crippen LogP contribution in [0.4, 0.5) is 0 Å². The fraction of sp³-hybridized carbons (Fsp3) is 0.733. The highest BCUT2D eigenvalue weighted by Gasteiger charge is 2.23. The zero-order valence-corrected chi connectivity index (χ0v) is 35.7. The van der Waals surface area contributed by atoms with Gasteiger partial charge in [0.2, 0.25) is 5.91 Å². The second-order valence-corrected chi connectivity index (χ2v) is 15.8. The summed E-state index contributed by atoms with van der Waals surface area (Å²) in [6.07, 6.45) is 48.7. The number of aliphatic hydroxyl groups excluding tert-OH is 1. The predicted octanol–water partition coefficient (Wildman–Crippen LogP) is 12.1. The van der Waals surface area contributed by atoms with E-state index in [4.69, 9.17) is 13.8 Å². The van der Waals surface area contributed by atoms with Gasteiger partial charge in [0.1, 0.15) is 12.7 Å². The molecule has 55 heavy (non-hydrogen) atoms. The highest BCUT2D eigenvalue weighted by atomic mass is 31.2. The summed E-state index contributed by atoms with van der Waals surface area (Å²) in [6.45, 7) is 3.45. The maximum atomic E-state index is 12.1. The summed E-state index contributed by atoms with van der Waals surface area (Å²) in [6, 6.07) is 0. The number of carbonyl (C=O) groups excluding carboxylic acids is 2. The largest absolute Gasteiger partial charge is 0.472 e. The minimum atomic E-state index is -4.42. The number of ether oxygens (including phenoxy) is 1. The third-order valence-corrected chi connectivity index (χ3v) is 9.90. The molecule has 0 heterocycles. The van der Waals surface area contributed by atoms with Crippen molar-refractivity contribution >= 4 is 19.7 Å². The van der Waals surface area contributed by atoms with E-state index in [9.17, 15) is 24.2 Å². The number of phosphoric ester groups is 1. The third-order valence-electron chi connectivity index (χ3n) is 8.92. The van der Waals surface area contributed by atoms with Crippen molar-refractivity contribution in [3.63, 3.8) is 0 Å². The Kier molecular flexibility index (Phi) is 39.6. The maximum Gasteiger partial charge on any atom is 0.472 e. The zero-order valence-electron chi connectivity index (χ0n) is 34.9. The van der Waals surface area contributed by atoms with Crippen molar-refractivity contribution in [1.82, 2.24) is 5.32 Å². The van der Waals surface area contributed by atoms with Gasteiger partial charge >= 0.3 is 13.8 Å². The number of carbonyl (C=O) groups is 2. The minimum Gasteiger partial charge on any atom is -0.463 e. The van der Waals surface area contributed by atoms with Gasteiger partial charge in [0.15, 0.2) is 0 Å². The summed E-state index contributed by atoms with van der Waals surface area (Å²) < 4.78 is 26.8. The van der Waals surface area contributed by atoms with Crippen molar-refractivity contribution < 1.29 is 37.9 Å². The first-order valence-corrected chi connectivity index (χ1v) is 23.3. The standard InChI is InChI=1S/C45H80NO8P/c1-3-5-7-9-11-13-15-16-17-18-19-20-21-22-23-24-25-26-28-29-31-33-35-37-44(48)46-39-40-53-55(50,51)54-42-43(47)41-52-45(49)38-36-34-32-30-27-14-12-10-8-6-4-2/h10-13,16-17,19-20,22-23,43,47H,3-9,14-15,18,21,24-42H2,1-2H3,(H,46,48)(H,50,51)/b12-10-,13-11-,17-16-,20-19-,23-22-. The molecule has 0 aromatic heterocycles. The summed E-state index contributed by atoms with van der Waals surface area (Å²) >= 11 is 0. The summed E-state index contributed by atoms with van der Waals surface area (Å²) in [4.78, 5) is 33.8. The SMILES string of the molecule is CCCC/C=C\CCCCCCCC(=O)OCC(O)COP(=O)(O)OCCNC(=O)CCCCCCCCC/C=C\C/C=C\C/C=C\C/C=C\CCCCC. The summed E-state index contributed by atoms with van der Waals surface area (Å²) in [5.74, 6) is -0.541. The van der Waals surface area contributed by atoms with E-state index in [-0.39, 0.29) is 32.1 Å². The fourth-order valence-corrected chi connectivity index (χ4v) is 6.34. The molecule has 0 aliphatic carbocycles. The molecule has 0 saturated heterocycles. The molecule has 0 rings (SSSR count). The van der Waals surface area contributed by atoms with Crippen LogP contribution in [0.1, 0.15) is 181 Å². The first-order valence-electron chi connectivity index (χ1n) is 21.8. The van der Waals surface area contributed by atoms with Gasteiger partial charge in [-0.15, -0.1) is 0 Å². The Balaban J connectivity index is 3.63. The highest BCUT2D eigenvalue weighted by molar-refractivity contribution is 7.47. The van der Waals surface area contributed by atoms with Gasteiger partial charge in [-0.3, -0.25) is 18.6 Å². The quantitative estimate of drug-likeness (QED) is 0.0242. The molecule has 0 saturated carbocycles. The van der Waals surface area contributed by atoms with Crippen molar-refractivity contribution in [2.24, 2.45) is 0 Å². The third kappa shape index (κ3) is 42.7. The van der Waals surface area contributed by atoms with Gasteiger partial charge in [0.25, 0.3) is 0 Å². The zero-order chi connectivity index (χ0) is 40.3. The molecule has 2 atom stereocenters. The average molecular weight is 794 g/mol. The van der Waals surface area contributed by atoms with Gasteiger partial charge in [0, 0.05) is 19.4 Å². The average Bonchev–Trinajstić information content (AvgIpc) is 3.17. The van der Waals surface area contributed by atoms with Crippen LogP contribution in [0.25, 0.3) is 0 Å². The molecule has 0 aromatic rings. The van der Waals surface area contributed by atoms with Gasteiger partial charge in [0.05, 0.1) is 13.2 Å². The molecule has 1 amide bonds. The van der Waals surface area contributed by atoms with Gasteiger partial charge in [-0.1, -0.05) is 152 Å². The number of nitrogens with one attached hydrogen (secondary N) is 1. The van der Waals surface area contributed by atoms with Crippen LogP contribution in [0.3, 0.4) is 0 Å². The number of unbranched alkanes of at least 4 members (excludes halogenated alkanes) is 17. The second kappa shape index (κ2) is 41.3. The Hall–Kier alpha value is -2.29. The number of hydrogen-bond acceptors (Lipinski definition) is 7. The lowest BCUT2D eigenvalue weighted by Gasteiger charge is -2.15. The van der Waals surface area contributed by atoms with Crippen molar-refractivity contribution in [2.75, 3.05) is 26.4 Å². The van der Waals surface area contributed by atoms with Crippen LogP contribution >= 0.6 is 7.82 Å². The number of esters is 1. The van der Waals surface area contributed by atoms with Gasteiger partial charge in [-0.25, -0.2) is 4.57 Å². The molecule has 0 aliphatic heterocycles. The van der Waals surface area contributed by atoms with E-state index in [0.29, 0.717) is 6.42 Å². The van der Waals surface area contributed by atoms with Crippen molar-refractivity contribution in [2.45, 2.75) is 187 Å². The topological polar surface area (TPSA) is 131 Å². The van der Waals surface area contributed by atoms with E-state index in [1.807, 2.05) is 0 Å². The van der Waals surface area contributed by atoms with Crippen LogP contribution in [0.5, 0.6) is 0 Å². The van der Waals surface area contributed by atoms with Crippen LogP contribution in [-0.4, -0.2) is 54.3 Å². The van der Waals surface area contributed by atoms with E-state index in [2.05, 4.69) is 79.9 Å². The molecule has 0 aliphatic rings. The van der Waals surface area contributed by atoms with E-state index >= 15 is 0 Å². The summed E-state index contributed by atoms with van der Waals surface area (Å²) in [5.41, 5.74) is 0. The lowest BCUT2D eigenvalue weighted by Crippen LogP contribution is -2.27. The van der Waals surface area contributed by atoms with Gasteiger partial charge in [-0.05, 0) is 77.0 Å². The van der Waals surface area contributed by atoms with Crippen LogP contribution in [-0.2, 0) is 27.9 Å². The Bertz CT molecular complexity index is 1090. The highest BCUT2D eigenvalue weighted by Crippen LogP contribution is 2.42. The number of phosphoric acid groups is 1. The van der Waals surface area contributed by atoms with E-state index in [1.54, 1.807) is 0 Å². The number of rotatable bonds is 40. The minimum absolute atomic E-state index is 0.0719. The molecule has 9 nitrogen and oxygen atoms in total. The summed E-state index contributed by atoms with van der Waals surface area (Å²) in [7, 11) is -4.42. The first-order chi connectivity index (χ1) is 26.8. The molecule has 2 unspecified atom stereocenters. The monoisotopic (exact) mass is 794 g/mol. The molecular weight excluding hydrogens is 713 g/mol. The molecule has 0 spiro atoms. The second-order valence-electron chi connectivity index (χ2n) is 14.3. The smallest absolute Gasteiger partial charge is 0.463 e. The Labute approximate surface area is 336 Å². The van der Waals surface area contributed by atoms with Crippen molar-refractivity contribution in [3.8, 4) is 0 Å². The van der Waals surface area contributed by atoms with Crippen LogP contribution in [0.15, 0.2) is 60.8 Å². The van der Waals surface area contributed by atoms with Crippen molar-refractivity contribution in [3.05, 3.63) is 60.8 Å². The molecule has 0 bridgehead atoms. The number of allylic oxidation sites excluding steroid dienone is 10. The Morgan fingerprint density at radius 3 is 1.55 bits per heavy atom. The van der Waals surface area contributed by atoms with Crippen LogP contribution in [0, 0.1) is 0 Å². The van der Waals surface area contributed by atoms with Crippen molar-refractivity contribution in [1.29, 1.82) is 0 Å². The normalized spacial score (nSPS) is 13.9. The van der Waals surface area contributed by atoms with Gasteiger partial charge in [-0.2, -0.15) is 0 Å². The van der Waals surface area contributed by atoms with E-state index in [1.165, 1.54) is 64.2 Å². The molecule has 10 heteroatoms. The maximum absolute atomic E-state index is 12.1. The van der Waals surface area contributed by atoms with E-state index in [0.717, 1.165) is 89.9 Å².